The normalized spacial score (nSPS) is 11.6. The summed E-state index contributed by atoms with van der Waals surface area (Å²) in [5.74, 6) is -1.33. The minimum absolute atomic E-state index is 0.302. The number of benzene rings is 2. The van der Waals surface area contributed by atoms with E-state index in [-0.39, 0.29) is 6.42 Å². The molecule has 0 saturated heterocycles. The highest BCUT2D eigenvalue weighted by molar-refractivity contribution is 5.95. The fourth-order valence-corrected chi connectivity index (χ4v) is 2.31. The molecule has 0 aliphatic heterocycles. The molecule has 2 N–H and O–H groups in total. The molecule has 0 aromatic heterocycles. The molecule has 0 radical (unpaired) electrons. The molecule has 1 atom stereocenters. The summed E-state index contributed by atoms with van der Waals surface area (Å²) >= 11 is 0. The van der Waals surface area contributed by atoms with Crippen molar-refractivity contribution in [3.63, 3.8) is 0 Å². The second kappa shape index (κ2) is 8.82. The van der Waals surface area contributed by atoms with Crippen molar-refractivity contribution in [3.05, 3.63) is 65.5 Å². The first-order chi connectivity index (χ1) is 12.0. The maximum Gasteiger partial charge on any atom is 0.305 e. The minimum atomic E-state index is -1.06. The van der Waals surface area contributed by atoms with E-state index in [1.54, 1.807) is 24.3 Å². The average Bonchev–Trinajstić information content (AvgIpc) is 2.60. The number of nitrogens with one attached hydrogen (secondary N) is 1. The molecule has 0 heterocycles. The molecule has 1 amide bonds. The van der Waals surface area contributed by atoms with Crippen LogP contribution in [0.15, 0.2) is 48.5 Å². The summed E-state index contributed by atoms with van der Waals surface area (Å²) in [4.78, 5) is 23.6. The highest BCUT2D eigenvalue weighted by Crippen LogP contribution is 2.20. The van der Waals surface area contributed by atoms with E-state index in [1.165, 1.54) is 24.3 Å². The van der Waals surface area contributed by atoms with E-state index >= 15 is 0 Å². The SMILES string of the molecule is CCCOc1cccc(C(=O)NC(CC(=O)O)c2ccc(F)cc2)c1. The van der Waals surface area contributed by atoms with Crippen LogP contribution in [-0.4, -0.2) is 23.6 Å². The average molecular weight is 345 g/mol. The molecule has 1 unspecified atom stereocenters. The predicted molar refractivity (Wildman–Crippen MR) is 91.1 cm³/mol. The maximum absolute atomic E-state index is 13.1. The Bertz CT molecular complexity index is 730. The molecule has 132 valence electrons. The van der Waals surface area contributed by atoms with E-state index in [0.717, 1.165) is 6.42 Å². The molecular weight excluding hydrogens is 325 g/mol. The number of halogens is 1. The largest absolute Gasteiger partial charge is 0.494 e. The van der Waals surface area contributed by atoms with E-state index in [9.17, 15) is 14.0 Å². The summed E-state index contributed by atoms with van der Waals surface area (Å²) in [6.07, 6.45) is 0.547. The lowest BCUT2D eigenvalue weighted by molar-refractivity contribution is -0.137. The highest BCUT2D eigenvalue weighted by atomic mass is 19.1. The standard InChI is InChI=1S/C19H20FNO4/c1-2-10-25-16-5-3-4-14(11-16)19(24)21-17(12-18(22)23)13-6-8-15(20)9-7-13/h3-9,11,17H,2,10,12H2,1H3,(H,21,24)(H,22,23). The number of rotatable bonds is 8. The number of aliphatic carboxylic acids is 1. The van der Waals surface area contributed by atoms with Crippen LogP contribution in [0.1, 0.15) is 41.7 Å². The first kappa shape index (κ1) is 18.4. The summed E-state index contributed by atoms with van der Waals surface area (Å²) in [6, 6.07) is 11.3. The van der Waals surface area contributed by atoms with Gasteiger partial charge in [0.05, 0.1) is 19.1 Å². The van der Waals surface area contributed by atoms with Crippen molar-refractivity contribution in [2.75, 3.05) is 6.61 Å². The van der Waals surface area contributed by atoms with Gasteiger partial charge >= 0.3 is 5.97 Å². The maximum atomic E-state index is 13.1. The van der Waals surface area contributed by atoms with Gasteiger partial charge in [0.15, 0.2) is 0 Å². The van der Waals surface area contributed by atoms with Gasteiger partial charge in [0.25, 0.3) is 5.91 Å². The van der Waals surface area contributed by atoms with Gasteiger partial charge < -0.3 is 15.2 Å². The number of amides is 1. The van der Waals surface area contributed by atoms with Crippen LogP contribution in [0.2, 0.25) is 0 Å². The number of ether oxygens (including phenoxy) is 1. The van der Waals surface area contributed by atoms with Crippen molar-refractivity contribution in [2.45, 2.75) is 25.8 Å². The third-order valence-electron chi connectivity index (χ3n) is 3.53. The molecule has 0 spiro atoms. The Balaban J connectivity index is 2.16. The Morgan fingerprint density at radius 3 is 2.56 bits per heavy atom. The van der Waals surface area contributed by atoms with Gasteiger partial charge in [-0.25, -0.2) is 4.39 Å². The van der Waals surface area contributed by atoms with Gasteiger partial charge in [-0.3, -0.25) is 9.59 Å². The van der Waals surface area contributed by atoms with E-state index in [0.29, 0.717) is 23.5 Å². The predicted octanol–water partition coefficient (Wildman–Crippen LogP) is 3.56. The van der Waals surface area contributed by atoms with Crippen LogP contribution in [0, 0.1) is 5.82 Å². The van der Waals surface area contributed by atoms with Gasteiger partial charge in [-0.15, -0.1) is 0 Å². The molecule has 0 aliphatic carbocycles. The van der Waals surface area contributed by atoms with Gasteiger partial charge in [0.2, 0.25) is 0 Å². The van der Waals surface area contributed by atoms with Gasteiger partial charge in [0.1, 0.15) is 11.6 Å². The molecule has 0 fully saturated rings. The zero-order valence-electron chi connectivity index (χ0n) is 13.9. The van der Waals surface area contributed by atoms with Gasteiger partial charge in [-0.05, 0) is 42.3 Å². The molecule has 25 heavy (non-hydrogen) atoms. The lowest BCUT2D eigenvalue weighted by atomic mass is 10.0. The first-order valence-corrected chi connectivity index (χ1v) is 8.00. The Labute approximate surface area is 145 Å². The van der Waals surface area contributed by atoms with Gasteiger partial charge in [0, 0.05) is 5.56 Å². The van der Waals surface area contributed by atoms with Crippen molar-refractivity contribution in [2.24, 2.45) is 0 Å². The molecule has 2 rings (SSSR count). The molecular formula is C19H20FNO4. The quantitative estimate of drug-likeness (QED) is 0.767. The fourth-order valence-electron chi connectivity index (χ4n) is 2.31. The van der Waals surface area contributed by atoms with E-state index in [4.69, 9.17) is 9.84 Å². The molecule has 6 heteroatoms. The second-order valence-corrected chi connectivity index (χ2v) is 5.55. The molecule has 5 nitrogen and oxygen atoms in total. The van der Waals surface area contributed by atoms with Crippen LogP contribution in [0.25, 0.3) is 0 Å². The monoisotopic (exact) mass is 345 g/mol. The summed E-state index contributed by atoms with van der Waals surface area (Å²) in [6.45, 7) is 2.53. The highest BCUT2D eigenvalue weighted by Gasteiger charge is 2.19. The number of carboxylic acids is 1. The number of hydrogen-bond donors (Lipinski definition) is 2. The summed E-state index contributed by atoms with van der Waals surface area (Å²) in [5, 5.41) is 11.8. The Hall–Kier alpha value is -2.89. The van der Waals surface area contributed by atoms with Crippen molar-refractivity contribution >= 4 is 11.9 Å². The summed E-state index contributed by atoms with van der Waals surface area (Å²) < 4.78 is 18.6. The van der Waals surface area contributed by atoms with Crippen LogP contribution in [0.3, 0.4) is 0 Å². The number of carbonyl (C=O) groups is 2. The smallest absolute Gasteiger partial charge is 0.305 e. The molecule has 2 aromatic carbocycles. The van der Waals surface area contributed by atoms with Crippen LogP contribution in [0.5, 0.6) is 5.75 Å². The number of carboxylic acid groups (broad SMARTS) is 1. The number of hydrogen-bond acceptors (Lipinski definition) is 3. The van der Waals surface area contributed by atoms with Crippen LogP contribution in [-0.2, 0) is 4.79 Å². The van der Waals surface area contributed by atoms with Crippen molar-refractivity contribution in [1.82, 2.24) is 5.32 Å². The van der Waals surface area contributed by atoms with E-state index in [2.05, 4.69) is 5.32 Å². The topological polar surface area (TPSA) is 75.6 Å². The lowest BCUT2D eigenvalue weighted by Gasteiger charge is -2.18. The Morgan fingerprint density at radius 1 is 1.20 bits per heavy atom. The fraction of sp³-hybridized carbons (Fsp3) is 0.263. The van der Waals surface area contributed by atoms with Crippen molar-refractivity contribution < 1.29 is 23.8 Å². The molecule has 0 saturated carbocycles. The van der Waals surface area contributed by atoms with Crippen LogP contribution >= 0.6 is 0 Å². The summed E-state index contributed by atoms with van der Waals surface area (Å²) in [5.41, 5.74) is 0.890. The van der Waals surface area contributed by atoms with Crippen molar-refractivity contribution in [1.29, 1.82) is 0 Å². The van der Waals surface area contributed by atoms with E-state index in [1.807, 2.05) is 6.92 Å². The van der Waals surface area contributed by atoms with Crippen LogP contribution < -0.4 is 10.1 Å². The zero-order chi connectivity index (χ0) is 18.2. The van der Waals surface area contributed by atoms with Gasteiger partial charge in [-0.1, -0.05) is 25.1 Å². The summed E-state index contributed by atoms with van der Waals surface area (Å²) in [7, 11) is 0. The van der Waals surface area contributed by atoms with Gasteiger partial charge in [-0.2, -0.15) is 0 Å². The third kappa shape index (κ3) is 5.60. The molecule has 0 bridgehead atoms. The molecule has 2 aromatic rings. The Morgan fingerprint density at radius 2 is 1.92 bits per heavy atom. The zero-order valence-corrected chi connectivity index (χ0v) is 13.9. The van der Waals surface area contributed by atoms with Crippen molar-refractivity contribution in [3.8, 4) is 5.75 Å². The molecule has 0 aliphatic rings. The number of carbonyl (C=O) groups excluding carboxylic acids is 1. The Kier molecular flexibility index (Phi) is 6.51. The lowest BCUT2D eigenvalue weighted by Crippen LogP contribution is -2.30. The second-order valence-electron chi connectivity index (χ2n) is 5.55. The van der Waals surface area contributed by atoms with E-state index < -0.39 is 23.7 Å². The first-order valence-electron chi connectivity index (χ1n) is 8.00. The van der Waals surface area contributed by atoms with Crippen LogP contribution in [0.4, 0.5) is 4.39 Å². The minimum Gasteiger partial charge on any atom is -0.494 e. The third-order valence-corrected chi connectivity index (χ3v) is 3.53.